The molecule has 0 aliphatic carbocycles. The third kappa shape index (κ3) is 3.35. The molecular weight excluding hydrogens is 259 g/mol. The van der Waals surface area contributed by atoms with Gasteiger partial charge in [-0.1, -0.05) is 6.07 Å². The van der Waals surface area contributed by atoms with Crippen molar-refractivity contribution in [2.45, 2.75) is 19.9 Å². The highest BCUT2D eigenvalue weighted by molar-refractivity contribution is 5.85. The van der Waals surface area contributed by atoms with E-state index in [0.717, 1.165) is 11.4 Å². The van der Waals surface area contributed by atoms with Gasteiger partial charge in [0.1, 0.15) is 5.69 Å². The van der Waals surface area contributed by atoms with Crippen LogP contribution in [0.5, 0.6) is 0 Å². The third-order valence-corrected chi connectivity index (χ3v) is 2.20. The molecule has 0 fully saturated rings. The van der Waals surface area contributed by atoms with Crippen LogP contribution < -0.4 is 5.73 Å². The summed E-state index contributed by atoms with van der Waals surface area (Å²) in [4.78, 5) is 4.23. The molecule has 0 aromatic carbocycles. The zero-order chi connectivity index (χ0) is 10.8. The van der Waals surface area contributed by atoms with Crippen molar-refractivity contribution in [2.24, 2.45) is 0 Å². The zero-order valence-electron chi connectivity index (χ0n) is 9.70. The Labute approximate surface area is 113 Å². The Bertz CT molecular complexity index is 454. The molecule has 0 amide bonds. The van der Waals surface area contributed by atoms with Crippen molar-refractivity contribution in [3.8, 4) is 11.4 Å². The van der Waals surface area contributed by atoms with Gasteiger partial charge in [0.25, 0.3) is 0 Å². The predicted octanol–water partition coefficient (Wildman–Crippen LogP) is 2.95. The smallest absolute Gasteiger partial charge is 0.134 e. The predicted molar refractivity (Wildman–Crippen MR) is 74.8 cm³/mol. The molecule has 94 valence electrons. The van der Waals surface area contributed by atoms with E-state index in [1.807, 2.05) is 29.1 Å². The van der Waals surface area contributed by atoms with Crippen LogP contribution in [0.1, 0.15) is 19.9 Å². The number of anilines is 1. The van der Waals surface area contributed by atoms with Gasteiger partial charge >= 0.3 is 0 Å². The lowest BCUT2D eigenvalue weighted by atomic mass is 10.2. The molecule has 17 heavy (non-hydrogen) atoms. The molecule has 4 nitrogen and oxygen atoms in total. The summed E-state index contributed by atoms with van der Waals surface area (Å²) in [6.45, 7) is 4.13. The molecule has 2 N–H and O–H groups in total. The normalized spacial score (nSPS) is 9.59. The van der Waals surface area contributed by atoms with Gasteiger partial charge in [-0.2, -0.15) is 5.10 Å². The molecule has 0 saturated heterocycles. The minimum absolute atomic E-state index is 0. The summed E-state index contributed by atoms with van der Waals surface area (Å²) in [5.74, 6) is 0. The van der Waals surface area contributed by atoms with E-state index in [2.05, 4.69) is 23.9 Å². The molecule has 0 spiro atoms. The quantitative estimate of drug-likeness (QED) is 0.916. The van der Waals surface area contributed by atoms with E-state index in [0.29, 0.717) is 11.7 Å². The highest BCUT2D eigenvalue weighted by Crippen LogP contribution is 2.22. The molecule has 0 saturated carbocycles. The highest BCUT2D eigenvalue weighted by atomic mass is 35.5. The number of hydrogen-bond acceptors (Lipinski definition) is 3. The molecule has 0 atom stereocenters. The number of nitrogens with two attached hydrogens (primary N) is 1. The summed E-state index contributed by atoms with van der Waals surface area (Å²) in [7, 11) is 0. The second-order valence-electron chi connectivity index (χ2n) is 3.72. The van der Waals surface area contributed by atoms with Crippen LogP contribution in [-0.2, 0) is 0 Å². The number of hydrogen-bond donors (Lipinski definition) is 1. The molecule has 6 heteroatoms. The van der Waals surface area contributed by atoms with Gasteiger partial charge in [-0.05, 0) is 26.0 Å². The maximum absolute atomic E-state index is 5.89. The van der Waals surface area contributed by atoms with Crippen molar-refractivity contribution < 1.29 is 0 Å². The minimum atomic E-state index is 0. The van der Waals surface area contributed by atoms with E-state index in [4.69, 9.17) is 5.73 Å². The van der Waals surface area contributed by atoms with E-state index in [1.165, 1.54) is 0 Å². The van der Waals surface area contributed by atoms with E-state index in [9.17, 15) is 0 Å². The van der Waals surface area contributed by atoms with Crippen molar-refractivity contribution in [3.05, 3.63) is 30.6 Å². The van der Waals surface area contributed by atoms with Crippen LogP contribution in [0.15, 0.2) is 30.6 Å². The van der Waals surface area contributed by atoms with Crippen LogP contribution in [0.3, 0.4) is 0 Å². The Morgan fingerprint density at radius 2 is 1.94 bits per heavy atom. The molecule has 2 rings (SSSR count). The average molecular weight is 275 g/mol. The number of nitrogens with zero attached hydrogens (tertiary/aromatic N) is 3. The van der Waals surface area contributed by atoms with Crippen LogP contribution in [0.4, 0.5) is 5.69 Å². The lowest BCUT2D eigenvalue weighted by molar-refractivity contribution is 0.534. The van der Waals surface area contributed by atoms with Crippen molar-refractivity contribution in [1.82, 2.24) is 14.8 Å². The summed E-state index contributed by atoms with van der Waals surface area (Å²) >= 11 is 0. The minimum Gasteiger partial charge on any atom is -0.396 e. The Morgan fingerprint density at radius 3 is 2.41 bits per heavy atom. The van der Waals surface area contributed by atoms with Crippen molar-refractivity contribution in [2.75, 3.05) is 5.73 Å². The summed E-state index contributed by atoms with van der Waals surface area (Å²) in [6, 6.07) is 6.02. The first kappa shape index (κ1) is 15.7. The number of aromatic nitrogens is 3. The lowest BCUT2D eigenvalue weighted by Gasteiger charge is -2.02. The van der Waals surface area contributed by atoms with Gasteiger partial charge in [-0.25, -0.2) is 0 Å². The molecule has 0 radical (unpaired) electrons. The van der Waals surface area contributed by atoms with Gasteiger partial charge in [0, 0.05) is 18.4 Å². The van der Waals surface area contributed by atoms with E-state index < -0.39 is 0 Å². The molecular formula is C11H16Cl2N4. The second kappa shape index (κ2) is 6.47. The first-order valence-electron chi connectivity index (χ1n) is 4.94. The van der Waals surface area contributed by atoms with Crippen LogP contribution in [0.25, 0.3) is 11.4 Å². The zero-order valence-corrected chi connectivity index (χ0v) is 11.3. The van der Waals surface area contributed by atoms with Gasteiger partial charge in [-0.15, -0.1) is 24.8 Å². The van der Waals surface area contributed by atoms with Crippen molar-refractivity contribution in [3.63, 3.8) is 0 Å². The number of nitrogen functional groups attached to an aromatic ring is 1. The first-order chi connectivity index (χ1) is 7.18. The summed E-state index contributed by atoms with van der Waals surface area (Å²) in [5.41, 5.74) is 8.12. The Morgan fingerprint density at radius 1 is 1.24 bits per heavy atom. The Kier molecular flexibility index (Phi) is 5.99. The fourth-order valence-corrected chi connectivity index (χ4v) is 1.37. The summed E-state index contributed by atoms with van der Waals surface area (Å²) in [6.07, 6.45) is 3.58. The SMILES string of the molecule is CC(C)n1cc(N)c(-c2ccccn2)n1.Cl.Cl. The highest BCUT2D eigenvalue weighted by Gasteiger charge is 2.10. The van der Waals surface area contributed by atoms with Crippen LogP contribution in [0, 0.1) is 0 Å². The van der Waals surface area contributed by atoms with Gasteiger partial charge in [0.05, 0.1) is 11.4 Å². The van der Waals surface area contributed by atoms with Crippen molar-refractivity contribution >= 4 is 30.5 Å². The topological polar surface area (TPSA) is 56.7 Å². The standard InChI is InChI=1S/C11H14N4.2ClH/c1-8(2)15-7-9(12)11(14-15)10-5-3-4-6-13-10;;/h3-8H,12H2,1-2H3;2*1H. The fourth-order valence-electron chi connectivity index (χ4n) is 1.37. The van der Waals surface area contributed by atoms with Crippen molar-refractivity contribution in [1.29, 1.82) is 0 Å². The molecule has 0 bridgehead atoms. The average Bonchev–Trinajstić information content (AvgIpc) is 2.62. The van der Waals surface area contributed by atoms with Gasteiger partial charge in [0.2, 0.25) is 0 Å². The number of rotatable bonds is 2. The molecule has 0 aliphatic heterocycles. The van der Waals surface area contributed by atoms with Gasteiger partial charge < -0.3 is 5.73 Å². The number of pyridine rings is 1. The summed E-state index contributed by atoms with van der Waals surface area (Å²) < 4.78 is 1.85. The second-order valence-corrected chi connectivity index (χ2v) is 3.72. The van der Waals surface area contributed by atoms with Crippen LogP contribution >= 0.6 is 24.8 Å². The van der Waals surface area contributed by atoms with Gasteiger partial charge in [-0.3, -0.25) is 9.67 Å². The third-order valence-electron chi connectivity index (χ3n) is 2.20. The molecule has 2 aromatic rings. The van der Waals surface area contributed by atoms with Crippen LogP contribution in [-0.4, -0.2) is 14.8 Å². The van der Waals surface area contributed by atoms with E-state index >= 15 is 0 Å². The number of halogens is 2. The molecule has 2 aromatic heterocycles. The van der Waals surface area contributed by atoms with Gasteiger partial charge in [0.15, 0.2) is 0 Å². The molecule has 0 unspecified atom stereocenters. The van der Waals surface area contributed by atoms with E-state index in [-0.39, 0.29) is 24.8 Å². The summed E-state index contributed by atoms with van der Waals surface area (Å²) in [5, 5.41) is 4.41. The Balaban J connectivity index is 0.00000128. The maximum atomic E-state index is 5.89. The lowest BCUT2D eigenvalue weighted by Crippen LogP contribution is -2.00. The molecule has 0 aliphatic rings. The maximum Gasteiger partial charge on any atom is 0.134 e. The first-order valence-corrected chi connectivity index (χ1v) is 4.94. The molecule has 2 heterocycles. The van der Waals surface area contributed by atoms with Crippen LogP contribution in [0.2, 0.25) is 0 Å². The largest absolute Gasteiger partial charge is 0.396 e. The fraction of sp³-hybridized carbons (Fsp3) is 0.273. The monoisotopic (exact) mass is 274 g/mol. The Hall–Kier alpha value is -1.26. The van der Waals surface area contributed by atoms with E-state index in [1.54, 1.807) is 6.20 Å².